The van der Waals surface area contributed by atoms with Crippen molar-refractivity contribution in [1.82, 2.24) is 0 Å². The van der Waals surface area contributed by atoms with Gasteiger partial charge in [-0.1, -0.05) is 36.4 Å². The number of piperidine rings is 1. The van der Waals surface area contributed by atoms with Gasteiger partial charge in [0, 0.05) is 18.8 Å². The molecule has 3 rings (SSSR count). The standard InChI is InChI=1S/C17H18N2O/c20-18-16-7-4-8-17(13-16)19-11-9-15(10-12-19)14-5-2-1-3-6-14/h1-8,13,15H,9-12H2. The summed E-state index contributed by atoms with van der Waals surface area (Å²) in [4.78, 5) is 13.0. The Hall–Kier alpha value is -2.16. The summed E-state index contributed by atoms with van der Waals surface area (Å²) in [6.45, 7) is 2.06. The molecule has 0 unspecified atom stereocenters. The highest BCUT2D eigenvalue weighted by Gasteiger charge is 2.20. The molecule has 3 nitrogen and oxygen atoms in total. The van der Waals surface area contributed by atoms with E-state index in [1.807, 2.05) is 12.1 Å². The van der Waals surface area contributed by atoms with E-state index < -0.39 is 0 Å². The van der Waals surface area contributed by atoms with Gasteiger partial charge in [-0.15, -0.1) is 4.91 Å². The highest BCUT2D eigenvalue weighted by molar-refractivity contribution is 5.55. The fourth-order valence-electron chi connectivity index (χ4n) is 2.94. The summed E-state index contributed by atoms with van der Waals surface area (Å²) in [5.41, 5.74) is 3.05. The lowest BCUT2D eigenvalue weighted by atomic mass is 9.89. The second-order valence-electron chi connectivity index (χ2n) is 5.28. The van der Waals surface area contributed by atoms with Crippen LogP contribution in [0.3, 0.4) is 0 Å². The van der Waals surface area contributed by atoms with Crippen molar-refractivity contribution in [2.24, 2.45) is 5.18 Å². The molecule has 20 heavy (non-hydrogen) atoms. The molecule has 0 aromatic heterocycles. The van der Waals surface area contributed by atoms with Crippen LogP contribution in [0.25, 0.3) is 0 Å². The Labute approximate surface area is 119 Å². The van der Waals surface area contributed by atoms with Crippen LogP contribution in [0.1, 0.15) is 24.3 Å². The molecule has 2 aromatic rings. The molecule has 0 amide bonds. The second-order valence-corrected chi connectivity index (χ2v) is 5.28. The first-order valence-electron chi connectivity index (χ1n) is 7.10. The van der Waals surface area contributed by atoms with Gasteiger partial charge >= 0.3 is 0 Å². The van der Waals surface area contributed by atoms with Gasteiger partial charge in [-0.3, -0.25) is 0 Å². The number of hydrogen-bond acceptors (Lipinski definition) is 3. The molecular weight excluding hydrogens is 248 g/mol. The SMILES string of the molecule is O=Nc1cccc(N2CCC(c3ccccc3)CC2)c1. The number of benzene rings is 2. The van der Waals surface area contributed by atoms with Crippen LogP contribution in [0.15, 0.2) is 59.8 Å². The zero-order valence-corrected chi connectivity index (χ0v) is 11.4. The monoisotopic (exact) mass is 266 g/mol. The number of anilines is 1. The lowest BCUT2D eigenvalue weighted by Crippen LogP contribution is -2.32. The first-order chi connectivity index (χ1) is 9.86. The Morgan fingerprint density at radius 3 is 2.40 bits per heavy atom. The quantitative estimate of drug-likeness (QED) is 0.768. The molecule has 1 aliphatic heterocycles. The van der Waals surface area contributed by atoms with Gasteiger partial charge in [-0.2, -0.15) is 0 Å². The van der Waals surface area contributed by atoms with Gasteiger partial charge in [0.15, 0.2) is 0 Å². The molecule has 0 N–H and O–H groups in total. The van der Waals surface area contributed by atoms with Gasteiger partial charge in [-0.05, 0) is 47.7 Å². The maximum Gasteiger partial charge on any atom is 0.110 e. The molecule has 1 aliphatic rings. The number of hydrogen-bond donors (Lipinski definition) is 0. The predicted octanol–water partition coefficient (Wildman–Crippen LogP) is 4.47. The van der Waals surface area contributed by atoms with E-state index in [2.05, 4.69) is 46.5 Å². The van der Waals surface area contributed by atoms with Gasteiger partial charge in [0.05, 0.1) is 0 Å². The molecule has 3 heteroatoms. The van der Waals surface area contributed by atoms with Crippen molar-refractivity contribution in [3.63, 3.8) is 0 Å². The molecule has 102 valence electrons. The third-order valence-electron chi connectivity index (χ3n) is 4.07. The Morgan fingerprint density at radius 1 is 0.950 bits per heavy atom. The average Bonchev–Trinajstić information content (AvgIpc) is 2.56. The predicted molar refractivity (Wildman–Crippen MR) is 82.5 cm³/mol. The topological polar surface area (TPSA) is 32.7 Å². The van der Waals surface area contributed by atoms with E-state index in [0.717, 1.165) is 31.6 Å². The molecule has 0 bridgehead atoms. The van der Waals surface area contributed by atoms with Crippen molar-refractivity contribution in [2.75, 3.05) is 18.0 Å². The zero-order valence-electron chi connectivity index (χ0n) is 11.4. The van der Waals surface area contributed by atoms with Gasteiger partial charge in [0.25, 0.3) is 0 Å². The van der Waals surface area contributed by atoms with Crippen molar-refractivity contribution in [2.45, 2.75) is 18.8 Å². The van der Waals surface area contributed by atoms with E-state index in [4.69, 9.17) is 0 Å². The summed E-state index contributed by atoms with van der Waals surface area (Å²) in [5.74, 6) is 0.653. The van der Waals surface area contributed by atoms with E-state index in [1.165, 1.54) is 5.56 Å². The first kappa shape index (κ1) is 12.9. The molecule has 1 saturated heterocycles. The van der Waals surface area contributed by atoms with Crippen LogP contribution in [-0.2, 0) is 0 Å². The summed E-state index contributed by atoms with van der Waals surface area (Å²) >= 11 is 0. The third-order valence-corrected chi connectivity index (χ3v) is 4.07. The molecule has 0 spiro atoms. The first-order valence-corrected chi connectivity index (χ1v) is 7.10. The Kier molecular flexibility index (Phi) is 3.77. The second kappa shape index (κ2) is 5.87. The minimum Gasteiger partial charge on any atom is -0.371 e. The Bertz CT molecular complexity index is 575. The van der Waals surface area contributed by atoms with Crippen LogP contribution in [0.4, 0.5) is 11.4 Å². The normalized spacial score (nSPS) is 16.1. The minimum absolute atomic E-state index is 0.507. The van der Waals surface area contributed by atoms with Crippen molar-refractivity contribution in [3.05, 3.63) is 65.1 Å². The summed E-state index contributed by atoms with van der Waals surface area (Å²) in [5, 5.41) is 3.01. The molecule has 0 radical (unpaired) electrons. The van der Waals surface area contributed by atoms with Crippen molar-refractivity contribution in [3.8, 4) is 0 Å². The van der Waals surface area contributed by atoms with Crippen LogP contribution >= 0.6 is 0 Å². The Balaban J connectivity index is 1.68. The number of rotatable bonds is 3. The molecule has 0 saturated carbocycles. The summed E-state index contributed by atoms with van der Waals surface area (Å²) < 4.78 is 0. The van der Waals surface area contributed by atoms with Crippen molar-refractivity contribution >= 4 is 11.4 Å². The van der Waals surface area contributed by atoms with Gasteiger partial charge < -0.3 is 4.90 Å². The molecule has 2 aromatic carbocycles. The maximum absolute atomic E-state index is 10.6. The van der Waals surface area contributed by atoms with E-state index in [9.17, 15) is 4.91 Å². The van der Waals surface area contributed by atoms with E-state index in [-0.39, 0.29) is 0 Å². The summed E-state index contributed by atoms with van der Waals surface area (Å²) in [6.07, 6.45) is 2.31. The van der Waals surface area contributed by atoms with E-state index in [0.29, 0.717) is 11.6 Å². The highest BCUT2D eigenvalue weighted by Crippen LogP contribution is 2.31. The van der Waals surface area contributed by atoms with E-state index in [1.54, 1.807) is 6.07 Å². The summed E-state index contributed by atoms with van der Waals surface area (Å²) in [7, 11) is 0. The molecule has 0 aliphatic carbocycles. The van der Waals surface area contributed by atoms with Gasteiger partial charge in [0.1, 0.15) is 5.69 Å². The minimum atomic E-state index is 0.507. The largest absolute Gasteiger partial charge is 0.371 e. The zero-order chi connectivity index (χ0) is 13.8. The molecule has 0 atom stereocenters. The summed E-state index contributed by atoms with van der Waals surface area (Å²) in [6, 6.07) is 18.3. The van der Waals surface area contributed by atoms with Gasteiger partial charge in [-0.25, -0.2) is 0 Å². The Morgan fingerprint density at radius 2 is 1.70 bits per heavy atom. The molecule has 1 fully saturated rings. The lowest BCUT2D eigenvalue weighted by Gasteiger charge is -2.33. The van der Waals surface area contributed by atoms with Crippen LogP contribution < -0.4 is 4.90 Å². The fraction of sp³-hybridized carbons (Fsp3) is 0.294. The average molecular weight is 266 g/mol. The number of nitroso groups, excluding NO2 is 1. The number of nitrogens with zero attached hydrogens (tertiary/aromatic N) is 2. The van der Waals surface area contributed by atoms with Crippen molar-refractivity contribution in [1.29, 1.82) is 0 Å². The van der Waals surface area contributed by atoms with Gasteiger partial charge in [0.2, 0.25) is 0 Å². The van der Waals surface area contributed by atoms with Crippen LogP contribution in [0, 0.1) is 4.91 Å². The lowest BCUT2D eigenvalue weighted by molar-refractivity contribution is 0.505. The third kappa shape index (κ3) is 2.72. The highest BCUT2D eigenvalue weighted by atomic mass is 16.3. The maximum atomic E-state index is 10.6. The smallest absolute Gasteiger partial charge is 0.110 e. The molecular formula is C17H18N2O. The van der Waals surface area contributed by atoms with E-state index >= 15 is 0 Å². The fourth-order valence-corrected chi connectivity index (χ4v) is 2.94. The van der Waals surface area contributed by atoms with Crippen LogP contribution in [0.2, 0.25) is 0 Å². The molecule has 1 heterocycles. The van der Waals surface area contributed by atoms with Crippen molar-refractivity contribution < 1.29 is 0 Å². The van der Waals surface area contributed by atoms with Crippen LogP contribution in [-0.4, -0.2) is 13.1 Å². The van der Waals surface area contributed by atoms with Crippen LogP contribution in [0.5, 0.6) is 0 Å².